The van der Waals surface area contributed by atoms with Crippen molar-refractivity contribution in [3.8, 4) is 17.0 Å². The quantitative estimate of drug-likeness (QED) is 0.641. The van der Waals surface area contributed by atoms with Gasteiger partial charge in [-0.2, -0.15) is 5.10 Å². The van der Waals surface area contributed by atoms with E-state index in [0.29, 0.717) is 25.3 Å². The molecule has 2 aromatic carbocycles. The van der Waals surface area contributed by atoms with Gasteiger partial charge in [0.25, 0.3) is 0 Å². The Hall–Kier alpha value is -3.41. The highest BCUT2D eigenvalue weighted by Gasteiger charge is 2.05. The molecule has 0 atom stereocenters. The van der Waals surface area contributed by atoms with Gasteiger partial charge in [-0.05, 0) is 36.2 Å². The Kier molecular flexibility index (Phi) is 5.99. The zero-order valence-electron chi connectivity index (χ0n) is 14.8. The minimum absolute atomic E-state index is 0.0567. The summed E-state index contributed by atoms with van der Waals surface area (Å²) in [7, 11) is 0. The maximum Gasteiger partial charge on any atom is 0.303 e. The lowest BCUT2D eigenvalue weighted by molar-refractivity contribution is -0.137. The number of hydrogen-bond donors (Lipinski definition) is 2. The van der Waals surface area contributed by atoms with Crippen LogP contribution < -0.4 is 10.2 Å². The van der Waals surface area contributed by atoms with E-state index in [1.165, 1.54) is 4.68 Å². The van der Waals surface area contributed by atoms with Crippen LogP contribution in [0.3, 0.4) is 0 Å². The lowest BCUT2D eigenvalue weighted by atomic mass is 10.1. The lowest BCUT2D eigenvalue weighted by Crippen LogP contribution is -2.22. The van der Waals surface area contributed by atoms with Gasteiger partial charge < -0.3 is 9.84 Å². The Morgan fingerprint density at radius 3 is 2.67 bits per heavy atom. The van der Waals surface area contributed by atoms with Crippen LogP contribution in [0.15, 0.2) is 66.7 Å². The fourth-order valence-corrected chi connectivity index (χ4v) is 2.65. The summed E-state index contributed by atoms with van der Waals surface area (Å²) >= 11 is 0. The van der Waals surface area contributed by atoms with Crippen molar-refractivity contribution in [2.24, 2.45) is 0 Å². The molecule has 0 amide bonds. The van der Waals surface area contributed by atoms with E-state index >= 15 is 0 Å². The summed E-state index contributed by atoms with van der Waals surface area (Å²) in [4.78, 5) is 10.7. The molecule has 6 nitrogen and oxygen atoms in total. The molecule has 3 rings (SSSR count). The number of aromatic nitrogens is 2. The van der Waals surface area contributed by atoms with Crippen LogP contribution in [0.1, 0.15) is 18.4 Å². The SMILES string of the molecule is N=c1ccc(-c2cccc(OCc3ccccc3)c2)nn1CCCC(=O)O. The highest BCUT2D eigenvalue weighted by atomic mass is 16.5. The Bertz CT molecular complexity index is 968. The van der Waals surface area contributed by atoms with Gasteiger partial charge in [0.05, 0.1) is 5.69 Å². The van der Waals surface area contributed by atoms with Crippen LogP contribution in [0.4, 0.5) is 0 Å². The Morgan fingerprint density at radius 2 is 1.89 bits per heavy atom. The van der Waals surface area contributed by atoms with E-state index in [1.54, 1.807) is 12.1 Å². The number of ether oxygens (including phenoxy) is 1. The van der Waals surface area contributed by atoms with Crippen molar-refractivity contribution in [3.05, 3.63) is 77.8 Å². The zero-order valence-corrected chi connectivity index (χ0v) is 14.8. The summed E-state index contributed by atoms with van der Waals surface area (Å²) in [6.07, 6.45) is 0.490. The largest absolute Gasteiger partial charge is 0.489 e. The number of hydrogen-bond acceptors (Lipinski definition) is 4. The average Bonchev–Trinajstić information content (AvgIpc) is 2.68. The van der Waals surface area contributed by atoms with Gasteiger partial charge in [0.1, 0.15) is 17.8 Å². The molecule has 3 aromatic rings. The third-order valence-electron chi connectivity index (χ3n) is 4.04. The summed E-state index contributed by atoms with van der Waals surface area (Å²) in [5, 5.41) is 21.2. The van der Waals surface area contributed by atoms with E-state index in [0.717, 1.165) is 16.9 Å². The number of aliphatic carboxylic acids is 1. The lowest BCUT2D eigenvalue weighted by Gasteiger charge is -2.10. The van der Waals surface area contributed by atoms with E-state index in [9.17, 15) is 4.79 Å². The van der Waals surface area contributed by atoms with Gasteiger partial charge in [0.15, 0.2) is 0 Å². The molecule has 0 saturated carbocycles. The topological polar surface area (TPSA) is 88.2 Å². The standard InChI is InChI=1S/C21H21N3O3/c22-20-12-11-19(23-24(20)13-5-10-21(25)26)17-8-4-9-18(14-17)27-15-16-6-2-1-3-7-16/h1-4,6-9,11-12,14,22H,5,10,13,15H2,(H,25,26). The maximum absolute atomic E-state index is 10.7. The predicted molar refractivity (Wildman–Crippen MR) is 101 cm³/mol. The Labute approximate surface area is 157 Å². The molecule has 0 aliphatic carbocycles. The summed E-state index contributed by atoms with van der Waals surface area (Å²) in [6.45, 7) is 0.877. The van der Waals surface area contributed by atoms with Gasteiger partial charge in [0.2, 0.25) is 0 Å². The molecular weight excluding hydrogens is 342 g/mol. The fraction of sp³-hybridized carbons (Fsp3) is 0.190. The maximum atomic E-state index is 10.7. The summed E-state index contributed by atoms with van der Waals surface area (Å²) in [5.41, 5.74) is 2.94. The molecule has 138 valence electrons. The molecule has 0 bridgehead atoms. The van der Waals surface area contributed by atoms with E-state index in [-0.39, 0.29) is 11.9 Å². The number of carboxylic acid groups (broad SMARTS) is 1. The number of rotatable bonds is 8. The first-order chi connectivity index (χ1) is 13.1. The Morgan fingerprint density at radius 1 is 1.07 bits per heavy atom. The van der Waals surface area contributed by atoms with Gasteiger partial charge in [-0.25, -0.2) is 4.68 Å². The molecule has 1 heterocycles. The van der Waals surface area contributed by atoms with Crippen LogP contribution in [0.2, 0.25) is 0 Å². The second-order valence-electron chi connectivity index (χ2n) is 6.13. The molecule has 0 aliphatic heterocycles. The van der Waals surface area contributed by atoms with Crippen molar-refractivity contribution < 1.29 is 14.6 Å². The van der Waals surface area contributed by atoms with Gasteiger partial charge in [-0.1, -0.05) is 42.5 Å². The number of carboxylic acids is 1. The molecule has 27 heavy (non-hydrogen) atoms. The first-order valence-electron chi connectivity index (χ1n) is 8.73. The zero-order chi connectivity index (χ0) is 19.1. The highest BCUT2D eigenvalue weighted by molar-refractivity contribution is 5.66. The minimum atomic E-state index is -0.846. The second-order valence-corrected chi connectivity index (χ2v) is 6.13. The Balaban J connectivity index is 1.74. The van der Waals surface area contributed by atoms with Crippen LogP contribution in [0, 0.1) is 5.41 Å². The molecular formula is C21H21N3O3. The van der Waals surface area contributed by atoms with Gasteiger partial charge in [-0.3, -0.25) is 10.2 Å². The number of carbonyl (C=O) groups is 1. The van der Waals surface area contributed by atoms with Crippen molar-refractivity contribution in [2.75, 3.05) is 0 Å². The van der Waals surface area contributed by atoms with Crippen molar-refractivity contribution in [3.63, 3.8) is 0 Å². The van der Waals surface area contributed by atoms with Gasteiger partial charge in [-0.15, -0.1) is 0 Å². The first-order valence-corrected chi connectivity index (χ1v) is 8.73. The van der Waals surface area contributed by atoms with E-state index in [4.69, 9.17) is 15.3 Å². The normalized spacial score (nSPS) is 10.5. The van der Waals surface area contributed by atoms with Crippen LogP contribution >= 0.6 is 0 Å². The minimum Gasteiger partial charge on any atom is -0.489 e. The van der Waals surface area contributed by atoms with Gasteiger partial charge >= 0.3 is 5.97 Å². The predicted octanol–water partition coefficient (Wildman–Crippen LogP) is 3.47. The van der Waals surface area contributed by atoms with Crippen LogP contribution in [-0.2, 0) is 17.9 Å². The highest BCUT2D eigenvalue weighted by Crippen LogP contribution is 2.22. The van der Waals surface area contributed by atoms with Crippen LogP contribution in [-0.4, -0.2) is 20.9 Å². The van der Waals surface area contributed by atoms with Crippen LogP contribution in [0.25, 0.3) is 11.3 Å². The van der Waals surface area contributed by atoms with Crippen molar-refractivity contribution in [2.45, 2.75) is 26.0 Å². The molecule has 1 aromatic heterocycles. The number of nitrogens with one attached hydrogen (secondary N) is 1. The molecule has 0 radical (unpaired) electrons. The van der Waals surface area contributed by atoms with E-state index in [1.807, 2.05) is 54.6 Å². The summed E-state index contributed by atoms with van der Waals surface area (Å²) < 4.78 is 7.39. The number of aryl methyl sites for hydroxylation is 1. The summed E-state index contributed by atoms with van der Waals surface area (Å²) in [6, 6.07) is 21.0. The number of benzene rings is 2. The fourth-order valence-electron chi connectivity index (χ4n) is 2.65. The average molecular weight is 363 g/mol. The monoisotopic (exact) mass is 363 g/mol. The number of nitrogens with zero attached hydrogens (tertiary/aromatic N) is 2. The molecule has 0 aliphatic rings. The molecule has 0 saturated heterocycles. The van der Waals surface area contributed by atoms with Crippen LogP contribution in [0.5, 0.6) is 5.75 Å². The molecule has 0 unspecified atom stereocenters. The molecule has 6 heteroatoms. The molecule has 0 fully saturated rings. The third kappa shape index (κ3) is 5.28. The van der Waals surface area contributed by atoms with E-state index < -0.39 is 5.97 Å². The molecule has 0 spiro atoms. The van der Waals surface area contributed by atoms with Crippen molar-refractivity contribution in [1.82, 2.24) is 9.78 Å². The smallest absolute Gasteiger partial charge is 0.303 e. The van der Waals surface area contributed by atoms with E-state index in [2.05, 4.69) is 5.10 Å². The molecule has 2 N–H and O–H groups in total. The van der Waals surface area contributed by atoms with Gasteiger partial charge in [0, 0.05) is 18.5 Å². The van der Waals surface area contributed by atoms with Crippen molar-refractivity contribution >= 4 is 5.97 Å². The third-order valence-corrected chi connectivity index (χ3v) is 4.04. The van der Waals surface area contributed by atoms with Crippen molar-refractivity contribution in [1.29, 1.82) is 5.41 Å². The first kappa shape index (κ1) is 18.4. The second kappa shape index (κ2) is 8.80. The summed E-state index contributed by atoms with van der Waals surface area (Å²) in [5.74, 6) is -0.105.